The van der Waals surface area contributed by atoms with E-state index in [4.69, 9.17) is 11.6 Å². The van der Waals surface area contributed by atoms with Crippen LogP contribution < -0.4 is 16.4 Å². The van der Waals surface area contributed by atoms with Gasteiger partial charge in [-0.3, -0.25) is 19.5 Å². The Kier molecular flexibility index (Phi) is 5.71. The van der Waals surface area contributed by atoms with Crippen LogP contribution in [0.3, 0.4) is 0 Å². The Labute approximate surface area is 187 Å². The van der Waals surface area contributed by atoms with Crippen molar-refractivity contribution < 1.29 is 9.18 Å². The van der Waals surface area contributed by atoms with Crippen LogP contribution in [0.2, 0.25) is 5.02 Å². The first-order valence-electron chi connectivity index (χ1n) is 9.86. The van der Waals surface area contributed by atoms with Gasteiger partial charge in [-0.2, -0.15) is 0 Å². The third-order valence-corrected chi connectivity index (χ3v) is 5.57. The van der Waals surface area contributed by atoms with Crippen LogP contribution >= 0.6 is 11.6 Å². The summed E-state index contributed by atoms with van der Waals surface area (Å²) in [6, 6.07) is 12.5. The predicted octanol–water partition coefficient (Wildman–Crippen LogP) is 3.65. The second kappa shape index (κ2) is 8.47. The van der Waals surface area contributed by atoms with Crippen LogP contribution in [-0.2, 0) is 17.9 Å². The summed E-state index contributed by atoms with van der Waals surface area (Å²) in [6.07, 6.45) is 0. The van der Waals surface area contributed by atoms with E-state index in [2.05, 4.69) is 10.4 Å². The van der Waals surface area contributed by atoms with E-state index < -0.39 is 5.82 Å². The number of hydrogen-bond donors (Lipinski definition) is 2. The van der Waals surface area contributed by atoms with Crippen molar-refractivity contribution in [2.75, 3.05) is 5.32 Å². The lowest BCUT2D eigenvalue weighted by molar-refractivity contribution is -0.114. The number of aromatic amines is 1. The maximum absolute atomic E-state index is 13.3. The summed E-state index contributed by atoms with van der Waals surface area (Å²) in [5.41, 5.74) is 2.36. The quantitative estimate of drug-likeness (QED) is 0.482. The molecule has 4 aromatic rings. The Morgan fingerprint density at radius 1 is 1.12 bits per heavy atom. The van der Waals surface area contributed by atoms with Crippen molar-refractivity contribution in [3.05, 3.63) is 96.9 Å². The lowest BCUT2D eigenvalue weighted by Crippen LogP contribution is -2.24. The van der Waals surface area contributed by atoms with Gasteiger partial charge in [0.15, 0.2) is 0 Å². The molecule has 9 heteroatoms. The van der Waals surface area contributed by atoms with Gasteiger partial charge in [-0.15, -0.1) is 0 Å². The molecule has 164 valence electrons. The monoisotopic (exact) mass is 454 g/mol. The zero-order valence-electron chi connectivity index (χ0n) is 17.4. The summed E-state index contributed by atoms with van der Waals surface area (Å²) in [5.74, 6) is -0.649. The molecular formula is C23H20ClFN4O3. The molecule has 7 nitrogen and oxygen atoms in total. The Bertz CT molecular complexity index is 1470. The molecule has 0 saturated heterocycles. The molecule has 2 N–H and O–H groups in total. The zero-order chi connectivity index (χ0) is 23.0. The van der Waals surface area contributed by atoms with Gasteiger partial charge < -0.3 is 9.88 Å². The number of carbonyl (C=O) groups is 1. The minimum absolute atomic E-state index is 0.110. The Hall–Kier alpha value is -3.65. The van der Waals surface area contributed by atoms with E-state index in [0.717, 1.165) is 5.56 Å². The third-order valence-electron chi connectivity index (χ3n) is 5.22. The summed E-state index contributed by atoms with van der Waals surface area (Å²) in [6.45, 7) is 3.48. The lowest BCUT2D eigenvalue weighted by atomic mass is 10.1. The fraction of sp³-hybridized carbons (Fsp3) is 0.174. The van der Waals surface area contributed by atoms with Gasteiger partial charge in [0.2, 0.25) is 5.91 Å². The molecule has 0 aliphatic rings. The number of nitrogens with zero attached hydrogens (tertiary/aromatic N) is 2. The number of amides is 1. The number of pyridine rings is 1. The van der Waals surface area contributed by atoms with E-state index in [-0.39, 0.29) is 35.1 Å². The second-order valence-electron chi connectivity index (χ2n) is 7.56. The average molecular weight is 455 g/mol. The Morgan fingerprint density at radius 3 is 2.62 bits per heavy atom. The fourth-order valence-electron chi connectivity index (χ4n) is 3.72. The van der Waals surface area contributed by atoms with Crippen LogP contribution in [0, 0.1) is 12.7 Å². The van der Waals surface area contributed by atoms with Gasteiger partial charge in [-0.25, -0.2) is 9.07 Å². The van der Waals surface area contributed by atoms with Crippen molar-refractivity contribution in [1.29, 1.82) is 0 Å². The molecule has 0 radical (unpaired) electrons. The molecule has 0 atom stereocenters. The summed E-state index contributed by atoms with van der Waals surface area (Å²) in [7, 11) is 0. The molecular weight excluding hydrogens is 435 g/mol. The van der Waals surface area contributed by atoms with Crippen LogP contribution in [-0.4, -0.2) is 20.3 Å². The first-order chi connectivity index (χ1) is 15.2. The summed E-state index contributed by atoms with van der Waals surface area (Å²) in [5, 5.41) is 6.27. The summed E-state index contributed by atoms with van der Waals surface area (Å²) >= 11 is 6.10. The number of fused-ring (bicyclic) bond motifs is 1. The smallest absolute Gasteiger partial charge is 0.276 e. The number of nitrogens with one attached hydrogen (secondary N) is 2. The zero-order valence-corrected chi connectivity index (χ0v) is 18.2. The van der Waals surface area contributed by atoms with Gasteiger partial charge in [-0.05, 0) is 42.3 Å². The van der Waals surface area contributed by atoms with Crippen molar-refractivity contribution in [3.8, 4) is 0 Å². The van der Waals surface area contributed by atoms with Crippen LogP contribution in [0.1, 0.15) is 23.7 Å². The maximum Gasteiger partial charge on any atom is 0.276 e. The highest BCUT2D eigenvalue weighted by atomic mass is 35.5. The average Bonchev–Trinajstić information content (AvgIpc) is 3.02. The molecule has 0 fully saturated rings. The summed E-state index contributed by atoms with van der Waals surface area (Å²) in [4.78, 5) is 37.2. The lowest BCUT2D eigenvalue weighted by Gasteiger charge is -2.11. The number of aromatic nitrogens is 3. The van der Waals surface area contributed by atoms with Gasteiger partial charge in [0.25, 0.3) is 11.1 Å². The van der Waals surface area contributed by atoms with Gasteiger partial charge in [0.05, 0.1) is 24.0 Å². The Morgan fingerprint density at radius 2 is 1.91 bits per heavy atom. The van der Waals surface area contributed by atoms with E-state index in [9.17, 15) is 18.8 Å². The normalized spacial score (nSPS) is 11.1. The van der Waals surface area contributed by atoms with Gasteiger partial charge in [0, 0.05) is 29.4 Å². The van der Waals surface area contributed by atoms with Crippen LogP contribution in [0.5, 0.6) is 0 Å². The molecule has 0 aliphatic carbocycles. The topological polar surface area (TPSA) is 88.9 Å². The molecule has 2 aromatic carbocycles. The van der Waals surface area contributed by atoms with Crippen molar-refractivity contribution in [2.24, 2.45) is 0 Å². The summed E-state index contributed by atoms with van der Waals surface area (Å²) < 4.78 is 16.2. The van der Waals surface area contributed by atoms with Crippen LogP contribution in [0.15, 0.2) is 58.1 Å². The number of anilines is 1. The molecule has 0 bridgehead atoms. The van der Waals surface area contributed by atoms with Gasteiger partial charge >= 0.3 is 0 Å². The molecule has 0 unspecified atom stereocenters. The number of rotatable bonds is 5. The molecule has 4 rings (SSSR count). The van der Waals surface area contributed by atoms with E-state index in [1.807, 2.05) is 6.07 Å². The highest BCUT2D eigenvalue weighted by Gasteiger charge is 2.16. The largest absolute Gasteiger partial charge is 0.326 e. The Balaban J connectivity index is 1.73. The second-order valence-corrected chi connectivity index (χ2v) is 7.97. The van der Waals surface area contributed by atoms with Crippen molar-refractivity contribution in [2.45, 2.75) is 26.9 Å². The number of carbonyl (C=O) groups excluding carboxylic acids is 1. The third kappa shape index (κ3) is 4.22. The molecule has 0 spiro atoms. The molecule has 2 heterocycles. The first-order valence-corrected chi connectivity index (χ1v) is 10.2. The number of aryl methyl sites for hydroxylation is 1. The maximum atomic E-state index is 13.3. The fourth-order valence-corrected chi connectivity index (χ4v) is 3.95. The van der Waals surface area contributed by atoms with Crippen LogP contribution in [0.25, 0.3) is 10.9 Å². The van der Waals surface area contributed by atoms with E-state index in [1.54, 1.807) is 25.1 Å². The molecule has 0 saturated carbocycles. The number of hydrogen-bond acceptors (Lipinski definition) is 3. The van der Waals surface area contributed by atoms with Crippen molar-refractivity contribution in [1.82, 2.24) is 14.3 Å². The minimum atomic E-state index is -0.460. The molecule has 1 amide bonds. The van der Waals surface area contributed by atoms with E-state index in [1.165, 1.54) is 40.4 Å². The van der Waals surface area contributed by atoms with Crippen LogP contribution in [0.4, 0.5) is 10.1 Å². The molecule has 0 aliphatic heterocycles. The number of halogens is 2. The van der Waals surface area contributed by atoms with E-state index in [0.29, 0.717) is 27.8 Å². The standard InChI is InChI=1S/C23H20ClFN4O3/c1-13-22-20(27-29(23(22)32)12-16-6-7-17(25)9-19(16)24)10-21(31)28(13)11-15-4-3-5-18(8-15)26-14(2)30/h3-10,27H,11-12H2,1-2H3,(H,26,30). The molecule has 2 aromatic heterocycles. The van der Waals surface area contributed by atoms with Crippen molar-refractivity contribution >= 4 is 34.1 Å². The highest BCUT2D eigenvalue weighted by molar-refractivity contribution is 6.31. The predicted molar refractivity (Wildman–Crippen MR) is 122 cm³/mol. The minimum Gasteiger partial charge on any atom is -0.326 e. The highest BCUT2D eigenvalue weighted by Crippen LogP contribution is 2.19. The van der Waals surface area contributed by atoms with Gasteiger partial charge in [0.1, 0.15) is 5.82 Å². The van der Waals surface area contributed by atoms with E-state index >= 15 is 0 Å². The number of benzene rings is 2. The first kappa shape index (κ1) is 21.6. The van der Waals surface area contributed by atoms with Crippen molar-refractivity contribution in [3.63, 3.8) is 0 Å². The number of H-pyrrole nitrogens is 1. The SMILES string of the molecule is CC(=O)Nc1cccc(Cn2c(C)c3c(=O)n(Cc4ccc(F)cc4Cl)[nH]c3cc2=O)c1. The molecule has 32 heavy (non-hydrogen) atoms. The van der Waals surface area contributed by atoms with Gasteiger partial charge in [-0.1, -0.05) is 29.8 Å².